The highest BCUT2D eigenvalue weighted by Gasteiger charge is 2.33. The number of methoxy groups -OCH3 is 1. The third-order valence-corrected chi connectivity index (χ3v) is 8.07. The number of hydrogen-bond acceptors (Lipinski definition) is 9. The first kappa shape index (κ1) is 27.2. The molecule has 0 saturated carbocycles. The van der Waals surface area contributed by atoms with E-state index >= 15 is 4.39 Å². The molecule has 4 heterocycles. The lowest BCUT2D eigenvalue weighted by Crippen LogP contribution is -2.37. The predicted octanol–water partition coefficient (Wildman–Crippen LogP) is 5.37. The monoisotopic (exact) mass is 583 g/mol. The van der Waals surface area contributed by atoms with E-state index in [1.165, 1.54) is 29.5 Å². The Hall–Kier alpha value is -5.02. The quantitative estimate of drug-likeness (QED) is 0.246. The zero-order valence-corrected chi connectivity index (χ0v) is 23.4. The number of pyridine rings is 1. The Labute approximate surface area is 243 Å². The van der Waals surface area contributed by atoms with E-state index in [4.69, 9.17) is 4.74 Å². The highest BCUT2D eigenvalue weighted by atomic mass is 32.1. The van der Waals surface area contributed by atoms with Gasteiger partial charge in [-0.2, -0.15) is 15.2 Å². The number of anilines is 1. The van der Waals surface area contributed by atoms with Gasteiger partial charge in [0.1, 0.15) is 22.0 Å². The molecule has 0 bridgehead atoms. The van der Waals surface area contributed by atoms with Gasteiger partial charge in [-0.15, -0.1) is 11.3 Å². The van der Waals surface area contributed by atoms with Crippen molar-refractivity contribution >= 4 is 50.8 Å². The van der Waals surface area contributed by atoms with Crippen LogP contribution in [0.5, 0.6) is 6.01 Å². The third kappa shape index (κ3) is 4.77. The Morgan fingerprint density at radius 2 is 2.05 bits per heavy atom. The Morgan fingerprint density at radius 1 is 1.24 bits per heavy atom. The molecule has 0 spiro atoms. The van der Waals surface area contributed by atoms with Gasteiger partial charge in [0.05, 0.1) is 24.1 Å². The molecule has 1 saturated heterocycles. The first-order chi connectivity index (χ1) is 20.4. The van der Waals surface area contributed by atoms with Crippen molar-refractivity contribution in [3.63, 3.8) is 0 Å². The molecule has 0 radical (unpaired) electrons. The zero-order chi connectivity index (χ0) is 29.4. The summed E-state index contributed by atoms with van der Waals surface area (Å²) in [6.07, 6.45) is 4.72. The number of nitrogens with zero attached hydrogens (tertiary/aromatic N) is 7. The number of amides is 1. The van der Waals surface area contributed by atoms with Gasteiger partial charge < -0.3 is 14.5 Å². The van der Waals surface area contributed by atoms with Gasteiger partial charge in [-0.25, -0.2) is 13.8 Å². The lowest BCUT2D eigenvalue weighted by Gasteiger charge is -2.27. The minimum absolute atomic E-state index is 0.00324. The standard InChI is InChI=1S/C30H23F2N7O2S/c1-38(19-9-11-39(16-19)29(40)22(31)13-23-34-10-12-42-23)28-21-15-35-26(25(32)27(21)36-30(37-28)41-2)20-8-4-6-17-5-3-7-18(14-33)24(17)20/h3-8,10,12-13,15,19H,9,11,16H2,1-2H3/b22-13-. The largest absolute Gasteiger partial charge is 0.467 e. The molecule has 1 fully saturated rings. The van der Waals surface area contributed by atoms with Crippen molar-refractivity contribution in [2.75, 3.05) is 32.1 Å². The number of carbonyl (C=O) groups excluding carboxylic acids is 1. The van der Waals surface area contributed by atoms with E-state index in [-0.39, 0.29) is 29.8 Å². The maximum atomic E-state index is 16.3. The summed E-state index contributed by atoms with van der Waals surface area (Å²) >= 11 is 1.24. The van der Waals surface area contributed by atoms with E-state index in [1.807, 2.05) is 17.0 Å². The third-order valence-electron chi connectivity index (χ3n) is 7.34. The van der Waals surface area contributed by atoms with E-state index in [0.717, 1.165) is 11.5 Å². The number of halogens is 2. The summed E-state index contributed by atoms with van der Waals surface area (Å²) in [6, 6.07) is 12.6. The molecule has 2 aromatic carbocycles. The first-order valence-corrected chi connectivity index (χ1v) is 13.9. The number of likely N-dealkylation sites (N-methyl/N-ethyl adjacent to an activating group) is 1. The molecule has 1 amide bonds. The van der Waals surface area contributed by atoms with Gasteiger partial charge in [0, 0.05) is 61.0 Å². The molecule has 6 rings (SSSR count). The number of likely N-dealkylation sites (tertiary alicyclic amines) is 1. The van der Waals surface area contributed by atoms with Crippen molar-refractivity contribution in [1.82, 2.24) is 24.8 Å². The van der Waals surface area contributed by atoms with Gasteiger partial charge in [0.15, 0.2) is 11.6 Å². The highest BCUT2D eigenvalue weighted by molar-refractivity contribution is 7.10. The van der Waals surface area contributed by atoms with Gasteiger partial charge in [-0.05, 0) is 17.9 Å². The number of rotatable bonds is 6. The fourth-order valence-electron chi connectivity index (χ4n) is 5.24. The molecule has 210 valence electrons. The van der Waals surface area contributed by atoms with E-state index in [9.17, 15) is 14.4 Å². The topological polar surface area (TPSA) is 108 Å². The van der Waals surface area contributed by atoms with Crippen molar-refractivity contribution in [3.8, 4) is 23.3 Å². The second-order valence-corrected chi connectivity index (χ2v) is 10.6. The minimum Gasteiger partial charge on any atom is -0.467 e. The van der Waals surface area contributed by atoms with Crippen molar-refractivity contribution in [1.29, 1.82) is 5.26 Å². The molecule has 0 N–H and O–H groups in total. The summed E-state index contributed by atoms with van der Waals surface area (Å²) in [5.74, 6) is -1.91. The van der Waals surface area contributed by atoms with Crippen LogP contribution in [0.3, 0.4) is 0 Å². The lowest BCUT2D eigenvalue weighted by molar-refractivity contribution is -0.127. The van der Waals surface area contributed by atoms with Gasteiger partial charge in [-0.1, -0.05) is 30.3 Å². The van der Waals surface area contributed by atoms with E-state index in [2.05, 4.69) is 26.0 Å². The summed E-state index contributed by atoms with van der Waals surface area (Å²) in [5.41, 5.74) is 0.923. The first-order valence-electron chi connectivity index (χ1n) is 13.0. The molecule has 12 heteroatoms. The summed E-state index contributed by atoms with van der Waals surface area (Å²) < 4.78 is 36.2. The molecule has 1 aliphatic rings. The van der Waals surface area contributed by atoms with E-state index in [0.29, 0.717) is 45.7 Å². The van der Waals surface area contributed by atoms with Gasteiger partial charge >= 0.3 is 6.01 Å². The Morgan fingerprint density at radius 3 is 2.79 bits per heavy atom. The summed E-state index contributed by atoms with van der Waals surface area (Å²) in [6.45, 7) is 0.579. The average Bonchev–Trinajstić information content (AvgIpc) is 3.72. The van der Waals surface area contributed by atoms with Gasteiger partial charge in [0.25, 0.3) is 5.91 Å². The van der Waals surface area contributed by atoms with Crippen molar-refractivity contribution in [2.45, 2.75) is 12.5 Å². The van der Waals surface area contributed by atoms with Crippen molar-refractivity contribution in [2.24, 2.45) is 0 Å². The van der Waals surface area contributed by atoms with Crippen LogP contribution in [-0.4, -0.2) is 64.0 Å². The van der Waals surface area contributed by atoms with Crippen molar-refractivity contribution < 1.29 is 18.3 Å². The molecule has 5 aromatic rings. The molecule has 0 aliphatic carbocycles. The van der Waals surface area contributed by atoms with E-state index in [1.54, 1.807) is 42.9 Å². The van der Waals surface area contributed by atoms with Crippen LogP contribution in [0.25, 0.3) is 39.0 Å². The number of hydrogen-bond donors (Lipinski definition) is 0. The fourth-order valence-corrected chi connectivity index (χ4v) is 5.80. The molecule has 9 nitrogen and oxygen atoms in total. The SMILES string of the molecule is COc1nc(N(C)C2CCN(C(=O)/C(F)=C/c3nccs3)C2)c2cnc(-c3cccc4cccc(C#N)c34)c(F)c2n1. The molecule has 3 aromatic heterocycles. The van der Waals surface area contributed by atoms with Crippen LogP contribution in [0.4, 0.5) is 14.6 Å². The summed E-state index contributed by atoms with van der Waals surface area (Å²) in [7, 11) is 3.17. The number of thiazole rings is 1. The maximum Gasteiger partial charge on any atom is 0.318 e. The highest BCUT2D eigenvalue weighted by Crippen LogP contribution is 2.36. The van der Waals surface area contributed by atoms with Crippen LogP contribution < -0.4 is 9.64 Å². The number of ether oxygens (including phenoxy) is 1. The Bertz CT molecular complexity index is 1900. The number of carbonyl (C=O) groups is 1. The number of fused-ring (bicyclic) bond motifs is 2. The van der Waals surface area contributed by atoms with Crippen LogP contribution in [0, 0.1) is 17.1 Å². The summed E-state index contributed by atoms with van der Waals surface area (Å²) in [4.78, 5) is 33.3. The van der Waals surface area contributed by atoms with Crippen molar-refractivity contribution in [3.05, 3.63) is 76.4 Å². The van der Waals surface area contributed by atoms with Crippen LogP contribution in [-0.2, 0) is 4.79 Å². The average molecular weight is 584 g/mol. The van der Waals surface area contributed by atoms with Crippen LogP contribution in [0.1, 0.15) is 17.0 Å². The maximum absolute atomic E-state index is 16.3. The Kier molecular flexibility index (Phi) is 7.18. The molecule has 1 unspecified atom stereocenters. The number of aromatic nitrogens is 4. The summed E-state index contributed by atoms with van der Waals surface area (Å²) in [5, 5.41) is 13.5. The molecular formula is C30H23F2N7O2S. The lowest BCUT2D eigenvalue weighted by atomic mass is 9.97. The Balaban J connectivity index is 1.36. The molecule has 42 heavy (non-hydrogen) atoms. The zero-order valence-electron chi connectivity index (χ0n) is 22.6. The minimum atomic E-state index is -0.880. The number of benzene rings is 2. The smallest absolute Gasteiger partial charge is 0.318 e. The fraction of sp³-hybridized carbons (Fsp3) is 0.200. The predicted molar refractivity (Wildman–Crippen MR) is 156 cm³/mol. The molecular weight excluding hydrogens is 560 g/mol. The van der Waals surface area contributed by atoms with Crippen LogP contribution in [0.2, 0.25) is 0 Å². The molecule has 1 atom stereocenters. The molecule has 1 aliphatic heterocycles. The second kappa shape index (κ2) is 11.1. The van der Waals surface area contributed by atoms with E-state index < -0.39 is 17.6 Å². The number of nitriles is 1. The normalized spacial score (nSPS) is 15.3. The van der Waals surface area contributed by atoms with Crippen LogP contribution in [0.15, 0.2) is 60.0 Å². The van der Waals surface area contributed by atoms with Gasteiger partial charge in [0.2, 0.25) is 0 Å². The van der Waals surface area contributed by atoms with Crippen LogP contribution >= 0.6 is 11.3 Å². The van der Waals surface area contributed by atoms with Gasteiger partial charge in [-0.3, -0.25) is 9.78 Å². The second-order valence-electron chi connectivity index (χ2n) is 9.71.